The second kappa shape index (κ2) is 4.16. The number of carboxylic acid groups (broad SMARTS) is 1. The number of hydrogen-bond donors (Lipinski definition) is 1. The molecule has 3 rings (SSSR count). The standard InChI is InChI=1S/C12H15NO4/c14-12(15)11-4-3-10(17-11)7-13-5-8-1-2-9(6-13)16-8/h3-4,8-9H,1-2,5-7H2,(H,14,15). The first kappa shape index (κ1) is 10.8. The third kappa shape index (κ3) is 2.21. The fraction of sp³-hybridized carbons (Fsp3) is 0.583. The third-order valence-electron chi connectivity index (χ3n) is 3.37. The molecule has 2 aliphatic heterocycles. The van der Waals surface area contributed by atoms with Gasteiger partial charge < -0.3 is 14.3 Å². The fourth-order valence-corrected chi connectivity index (χ4v) is 2.63. The number of fused-ring (bicyclic) bond motifs is 2. The van der Waals surface area contributed by atoms with E-state index < -0.39 is 5.97 Å². The zero-order chi connectivity index (χ0) is 11.8. The lowest BCUT2D eigenvalue weighted by molar-refractivity contribution is -0.0428. The molecule has 3 heterocycles. The van der Waals surface area contributed by atoms with Crippen LogP contribution in [0.15, 0.2) is 16.5 Å². The molecule has 2 aliphatic rings. The molecular weight excluding hydrogens is 222 g/mol. The van der Waals surface area contributed by atoms with Gasteiger partial charge in [-0.25, -0.2) is 4.79 Å². The SMILES string of the molecule is O=C(O)c1ccc(CN2CC3CCC(C2)O3)o1. The molecule has 0 spiro atoms. The number of carbonyl (C=O) groups is 1. The Balaban J connectivity index is 1.64. The number of rotatable bonds is 3. The maximum absolute atomic E-state index is 10.7. The van der Waals surface area contributed by atoms with Crippen molar-refractivity contribution in [3.05, 3.63) is 23.7 Å². The molecule has 0 amide bonds. The first-order chi connectivity index (χ1) is 8.20. The summed E-state index contributed by atoms with van der Waals surface area (Å²) in [6, 6.07) is 3.24. The van der Waals surface area contributed by atoms with Crippen LogP contribution in [0, 0.1) is 0 Å². The van der Waals surface area contributed by atoms with Crippen molar-refractivity contribution in [1.82, 2.24) is 4.90 Å². The molecule has 5 nitrogen and oxygen atoms in total. The molecule has 2 saturated heterocycles. The van der Waals surface area contributed by atoms with E-state index in [1.165, 1.54) is 6.07 Å². The molecule has 2 atom stereocenters. The van der Waals surface area contributed by atoms with Crippen LogP contribution in [-0.2, 0) is 11.3 Å². The van der Waals surface area contributed by atoms with Crippen molar-refractivity contribution in [2.45, 2.75) is 31.6 Å². The average Bonchev–Trinajstić information content (AvgIpc) is 2.86. The first-order valence-electron chi connectivity index (χ1n) is 5.90. The third-order valence-corrected chi connectivity index (χ3v) is 3.37. The van der Waals surface area contributed by atoms with Gasteiger partial charge >= 0.3 is 5.97 Å². The predicted octanol–water partition coefficient (Wildman–Crippen LogP) is 1.34. The van der Waals surface area contributed by atoms with Crippen molar-refractivity contribution in [3.63, 3.8) is 0 Å². The monoisotopic (exact) mass is 237 g/mol. The minimum absolute atomic E-state index is 0.0104. The van der Waals surface area contributed by atoms with Crippen LogP contribution in [-0.4, -0.2) is 41.3 Å². The van der Waals surface area contributed by atoms with Gasteiger partial charge in [0.25, 0.3) is 0 Å². The summed E-state index contributed by atoms with van der Waals surface area (Å²) in [4.78, 5) is 13.0. The Morgan fingerprint density at radius 2 is 2.06 bits per heavy atom. The maximum atomic E-state index is 10.7. The van der Waals surface area contributed by atoms with Crippen LogP contribution in [0.3, 0.4) is 0 Å². The molecule has 2 bridgehead atoms. The molecule has 2 fully saturated rings. The summed E-state index contributed by atoms with van der Waals surface area (Å²) in [5, 5.41) is 8.77. The van der Waals surface area contributed by atoms with Crippen molar-refractivity contribution in [2.75, 3.05) is 13.1 Å². The highest BCUT2D eigenvalue weighted by molar-refractivity contribution is 5.84. The number of nitrogens with zero attached hydrogens (tertiary/aromatic N) is 1. The Morgan fingerprint density at radius 3 is 2.65 bits per heavy atom. The van der Waals surface area contributed by atoms with Gasteiger partial charge in [0, 0.05) is 13.1 Å². The van der Waals surface area contributed by atoms with Crippen LogP contribution in [0.2, 0.25) is 0 Å². The quantitative estimate of drug-likeness (QED) is 0.859. The van der Waals surface area contributed by atoms with E-state index in [0.29, 0.717) is 24.5 Å². The van der Waals surface area contributed by atoms with Gasteiger partial charge in [-0.05, 0) is 25.0 Å². The highest BCUT2D eigenvalue weighted by Crippen LogP contribution is 2.27. The van der Waals surface area contributed by atoms with E-state index in [2.05, 4.69) is 4.90 Å². The Hall–Kier alpha value is -1.33. The van der Waals surface area contributed by atoms with Crippen LogP contribution in [0.25, 0.3) is 0 Å². The van der Waals surface area contributed by atoms with Gasteiger partial charge in [-0.1, -0.05) is 0 Å². The fourth-order valence-electron chi connectivity index (χ4n) is 2.63. The van der Waals surface area contributed by atoms with E-state index in [-0.39, 0.29) is 5.76 Å². The first-order valence-corrected chi connectivity index (χ1v) is 5.90. The van der Waals surface area contributed by atoms with Crippen LogP contribution in [0.1, 0.15) is 29.2 Å². The van der Waals surface area contributed by atoms with Crippen molar-refractivity contribution < 1.29 is 19.1 Å². The minimum Gasteiger partial charge on any atom is -0.475 e. The lowest BCUT2D eigenvalue weighted by Gasteiger charge is -2.31. The van der Waals surface area contributed by atoms with Crippen LogP contribution in [0.5, 0.6) is 0 Å². The zero-order valence-corrected chi connectivity index (χ0v) is 9.46. The highest BCUT2D eigenvalue weighted by Gasteiger charge is 2.33. The summed E-state index contributed by atoms with van der Waals surface area (Å²) in [5.74, 6) is -0.293. The molecule has 0 aromatic carbocycles. The van der Waals surface area contributed by atoms with Gasteiger partial charge in [0.1, 0.15) is 5.76 Å². The molecule has 1 aromatic heterocycles. The Bertz CT molecular complexity index is 416. The molecule has 92 valence electrons. The second-order valence-corrected chi connectivity index (χ2v) is 4.72. The molecule has 2 unspecified atom stereocenters. The summed E-state index contributed by atoms with van der Waals surface area (Å²) in [6.45, 7) is 2.50. The molecule has 1 N–H and O–H groups in total. The molecule has 17 heavy (non-hydrogen) atoms. The van der Waals surface area contributed by atoms with E-state index in [0.717, 1.165) is 25.9 Å². The van der Waals surface area contributed by atoms with Crippen LogP contribution >= 0.6 is 0 Å². The van der Waals surface area contributed by atoms with Gasteiger partial charge in [0.05, 0.1) is 18.8 Å². The largest absolute Gasteiger partial charge is 0.475 e. The van der Waals surface area contributed by atoms with E-state index in [1.807, 2.05) is 0 Å². The second-order valence-electron chi connectivity index (χ2n) is 4.72. The van der Waals surface area contributed by atoms with Crippen molar-refractivity contribution in [3.8, 4) is 0 Å². The molecule has 0 radical (unpaired) electrons. The Labute approximate surface area is 99.0 Å². The number of furan rings is 1. The highest BCUT2D eigenvalue weighted by atomic mass is 16.5. The average molecular weight is 237 g/mol. The number of likely N-dealkylation sites (tertiary alicyclic amines) is 1. The maximum Gasteiger partial charge on any atom is 0.371 e. The van der Waals surface area contributed by atoms with E-state index in [4.69, 9.17) is 14.3 Å². The van der Waals surface area contributed by atoms with Gasteiger partial charge in [-0.15, -0.1) is 0 Å². The summed E-state index contributed by atoms with van der Waals surface area (Å²) in [6.07, 6.45) is 2.98. The summed E-state index contributed by atoms with van der Waals surface area (Å²) in [5.41, 5.74) is 0. The van der Waals surface area contributed by atoms with Gasteiger partial charge in [0.15, 0.2) is 0 Å². The molecule has 5 heteroatoms. The molecular formula is C12H15NO4. The smallest absolute Gasteiger partial charge is 0.371 e. The summed E-state index contributed by atoms with van der Waals surface area (Å²) >= 11 is 0. The van der Waals surface area contributed by atoms with Gasteiger partial charge in [0.2, 0.25) is 5.76 Å². The number of ether oxygens (including phenoxy) is 1. The molecule has 1 aromatic rings. The van der Waals surface area contributed by atoms with Crippen LogP contribution < -0.4 is 0 Å². The normalized spacial score (nSPS) is 28.5. The van der Waals surface area contributed by atoms with Gasteiger partial charge in [-0.2, -0.15) is 0 Å². The van der Waals surface area contributed by atoms with E-state index >= 15 is 0 Å². The van der Waals surface area contributed by atoms with Crippen molar-refractivity contribution in [1.29, 1.82) is 0 Å². The minimum atomic E-state index is -1.02. The predicted molar refractivity (Wildman–Crippen MR) is 58.8 cm³/mol. The summed E-state index contributed by atoms with van der Waals surface area (Å²) in [7, 11) is 0. The number of carboxylic acids is 1. The topological polar surface area (TPSA) is 62.9 Å². The molecule has 0 saturated carbocycles. The van der Waals surface area contributed by atoms with Crippen molar-refractivity contribution in [2.24, 2.45) is 0 Å². The van der Waals surface area contributed by atoms with Crippen LogP contribution in [0.4, 0.5) is 0 Å². The Morgan fingerprint density at radius 1 is 1.35 bits per heavy atom. The van der Waals surface area contributed by atoms with Crippen molar-refractivity contribution >= 4 is 5.97 Å². The number of aromatic carboxylic acids is 1. The van der Waals surface area contributed by atoms with E-state index in [9.17, 15) is 4.79 Å². The lowest BCUT2D eigenvalue weighted by atomic mass is 10.2. The van der Waals surface area contributed by atoms with Gasteiger partial charge in [-0.3, -0.25) is 4.90 Å². The Kier molecular flexibility index (Phi) is 2.64. The zero-order valence-electron chi connectivity index (χ0n) is 9.46. The number of morpholine rings is 1. The number of hydrogen-bond acceptors (Lipinski definition) is 4. The lowest BCUT2D eigenvalue weighted by Crippen LogP contribution is -2.41. The molecule has 0 aliphatic carbocycles. The summed E-state index contributed by atoms with van der Waals surface area (Å²) < 4.78 is 11.0. The van der Waals surface area contributed by atoms with E-state index in [1.54, 1.807) is 6.07 Å².